The predicted molar refractivity (Wildman–Crippen MR) is 79.0 cm³/mol. The molecule has 3 heteroatoms. The molecule has 0 heterocycles. The molecule has 2 aromatic rings. The van der Waals surface area contributed by atoms with Crippen LogP contribution in [0.2, 0.25) is 0 Å². The Kier molecular flexibility index (Phi) is 4.87. The third-order valence-electron chi connectivity index (χ3n) is 2.69. The summed E-state index contributed by atoms with van der Waals surface area (Å²) in [6.07, 6.45) is 5.14. The van der Waals surface area contributed by atoms with Gasteiger partial charge in [0.1, 0.15) is 5.75 Å². The van der Waals surface area contributed by atoms with Gasteiger partial charge in [0.25, 0.3) is 0 Å². The Labute approximate surface area is 113 Å². The van der Waals surface area contributed by atoms with Crippen molar-refractivity contribution in [1.82, 2.24) is 0 Å². The van der Waals surface area contributed by atoms with Gasteiger partial charge in [-0.2, -0.15) is 10.2 Å². The Hall–Kier alpha value is -2.42. The molecule has 0 saturated carbocycles. The van der Waals surface area contributed by atoms with Gasteiger partial charge >= 0.3 is 0 Å². The molecule has 2 aromatic carbocycles. The van der Waals surface area contributed by atoms with E-state index in [9.17, 15) is 5.11 Å². The summed E-state index contributed by atoms with van der Waals surface area (Å²) in [5.74, 6) is 0.214. The van der Waals surface area contributed by atoms with Crippen molar-refractivity contribution in [3.05, 3.63) is 65.7 Å². The van der Waals surface area contributed by atoms with Crippen LogP contribution < -0.4 is 0 Å². The van der Waals surface area contributed by atoms with Gasteiger partial charge in [-0.25, -0.2) is 0 Å². The Morgan fingerprint density at radius 3 is 2.42 bits per heavy atom. The first-order valence-electron chi connectivity index (χ1n) is 6.23. The smallest absolute Gasteiger partial charge is 0.124 e. The van der Waals surface area contributed by atoms with Crippen molar-refractivity contribution in [1.29, 1.82) is 0 Å². The maximum Gasteiger partial charge on any atom is 0.124 e. The van der Waals surface area contributed by atoms with Crippen molar-refractivity contribution in [3.63, 3.8) is 0 Å². The lowest BCUT2D eigenvalue weighted by Gasteiger charge is -1.95. The number of hydrogen-bond acceptors (Lipinski definition) is 3. The highest BCUT2D eigenvalue weighted by Gasteiger charge is 1.93. The average molecular weight is 252 g/mol. The monoisotopic (exact) mass is 252 g/mol. The summed E-state index contributed by atoms with van der Waals surface area (Å²) in [6, 6.07) is 17.3. The summed E-state index contributed by atoms with van der Waals surface area (Å²) in [5, 5.41) is 17.4. The molecular weight excluding hydrogens is 236 g/mol. The number of aromatic hydroxyl groups is 1. The van der Waals surface area contributed by atoms with E-state index in [1.165, 1.54) is 5.56 Å². The highest BCUT2D eigenvalue weighted by Crippen LogP contribution is 2.12. The first-order valence-corrected chi connectivity index (χ1v) is 6.23. The van der Waals surface area contributed by atoms with E-state index in [4.69, 9.17) is 0 Å². The molecule has 0 spiro atoms. The number of phenols is 1. The van der Waals surface area contributed by atoms with Gasteiger partial charge in [-0.15, -0.1) is 0 Å². The van der Waals surface area contributed by atoms with Crippen LogP contribution >= 0.6 is 0 Å². The van der Waals surface area contributed by atoms with E-state index in [0.29, 0.717) is 5.56 Å². The first kappa shape index (κ1) is 13.0. The molecule has 0 bridgehead atoms. The molecule has 0 unspecified atom stereocenters. The summed E-state index contributed by atoms with van der Waals surface area (Å²) in [6.45, 7) is 0. The second-order valence-electron chi connectivity index (χ2n) is 4.13. The summed E-state index contributed by atoms with van der Waals surface area (Å²) in [5.41, 5.74) is 1.96. The number of phenolic OH excluding ortho intramolecular Hbond substituents is 1. The van der Waals surface area contributed by atoms with Crippen molar-refractivity contribution in [2.75, 3.05) is 0 Å². The van der Waals surface area contributed by atoms with Crippen LogP contribution in [0.4, 0.5) is 0 Å². The predicted octanol–water partition coefficient (Wildman–Crippen LogP) is 3.43. The number of para-hydroxylation sites is 1. The van der Waals surface area contributed by atoms with Gasteiger partial charge in [0.15, 0.2) is 0 Å². The van der Waals surface area contributed by atoms with Crippen LogP contribution in [-0.2, 0) is 6.42 Å². The molecule has 2 rings (SSSR count). The standard InChI is InChI=1S/C16H16N2O/c19-16-11-5-4-10-15(16)13-18-17-12-6-9-14-7-2-1-3-8-14/h1-5,7-8,10-13,19H,6,9H2/b17-12+,18-13+. The lowest BCUT2D eigenvalue weighted by atomic mass is 10.1. The number of rotatable bonds is 5. The van der Waals surface area contributed by atoms with Gasteiger partial charge in [0, 0.05) is 11.8 Å². The normalized spacial score (nSPS) is 11.4. The fourth-order valence-electron chi connectivity index (χ4n) is 1.67. The summed E-state index contributed by atoms with van der Waals surface area (Å²) < 4.78 is 0. The lowest BCUT2D eigenvalue weighted by Crippen LogP contribution is -1.85. The zero-order valence-electron chi connectivity index (χ0n) is 10.6. The largest absolute Gasteiger partial charge is 0.507 e. The SMILES string of the molecule is Oc1ccccc1/C=N/N=C/CCc1ccccc1. The Morgan fingerprint density at radius 1 is 0.895 bits per heavy atom. The molecule has 96 valence electrons. The summed E-state index contributed by atoms with van der Waals surface area (Å²) in [7, 11) is 0. The molecule has 0 radical (unpaired) electrons. The molecule has 0 aliphatic heterocycles. The Morgan fingerprint density at radius 2 is 1.63 bits per heavy atom. The van der Waals surface area contributed by atoms with Crippen molar-refractivity contribution >= 4 is 12.4 Å². The van der Waals surface area contributed by atoms with Crippen LogP contribution in [0, 0.1) is 0 Å². The third kappa shape index (κ3) is 4.39. The fourth-order valence-corrected chi connectivity index (χ4v) is 1.67. The van der Waals surface area contributed by atoms with Crippen LogP contribution in [-0.4, -0.2) is 17.5 Å². The van der Waals surface area contributed by atoms with Crippen molar-refractivity contribution in [2.45, 2.75) is 12.8 Å². The zero-order valence-corrected chi connectivity index (χ0v) is 10.6. The van der Waals surface area contributed by atoms with E-state index in [0.717, 1.165) is 12.8 Å². The van der Waals surface area contributed by atoms with Crippen LogP contribution in [0.15, 0.2) is 64.8 Å². The number of hydrogen-bond donors (Lipinski definition) is 1. The van der Waals surface area contributed by atoms with E-state index < -0.39 is 0 Å². The Balaban J connectivity index is 1.79. The van der Waals surface area contributed by atoms with E-state index in [-0.39, 0.29) is 5.75 Å². The van der Waals surface area contributed by atoms with Crippen LogP contribution in [0.1, 0.15) is 17.5 Å². The molecule has 0 aromatic heterocycles. The maximum atomic E-state index is 9.52. The van der Waals surface area contributed by atoms with Gasteiger partial charge in [0.2, 0.25) is 0 Å². The maximum absolute atomic E-state index is 9.52. The minimum Gasteiger partial charge on any atom is -0.507 e. The molecule has 0 amide bonds. The van der Waals surface area contributed by atoms with Crippen LogP contribution in [0.25, 0.3) is 0 Å². The van der Waals surface area contributed by atoms with Gasteiger partial charge in [0.05, 0.1) is 6.21 Å². The molecule has 0 aliphatic carbocycles. The van der Waals surface area contributed by atoms with Gasteiger partial charge in [-0.1, -0.05) is 42.5 Å². The summed E-state index contributed by atoms with van der Waals surface area (Å²) in [4.78, 5) is 0. The number of nitrogens with zero attached hydrogens (tertiary/aromatic N) is 2. The molecule has 0 fully saturated rings. The molecule has 0 aliphatic rings. The van der Waals surface area contributed by atoms with Crippen molar-refractivity contribution < 1.29 is 5.11 Å². The van der Waals surface area contributed by atoms with Crippen molar-refractivity contribution in [2.24, 2.45) is 10.2 Å². The van der Waals surface area contributed by atoms with E-state index in [1.807, 2.05) is 24.3 Å². The minimum absolute atomic E-state index is 0.214. The zero-order chi connectivity index (χ0) is 13.3. The quantitative estimate of drug-likeness (QED) is 0.643. The van der Waals surface area contributed by atoms with E-state index in [1.54, 1.807) is 30.6 Å². The fraction of sp³-hybridized carbons (Fsp3) is 0.125. The molecule has 3 nitrogen and oxygen atoms in total. The lowest BCUT2D eigenvalue weighted by molar-refractivity contribution is 0.474. The van der Waals surface area contributed by atoms with Crippen molar-refractivity contribution in [3.8, 4) is 5.75 Å². The van der Waals surface area contributed by atoms with Crippen LogP contribution in [0.3, 0.4) is 0 Å². The molecule has 1 N–H and O–H groups in total. The minimum atomic E-state index is 0.214. The van der Waals surface area contributed by atoms with Gasteiger partial charge in [-0.3, -0.25) is 0 Å². The first-order chi connectivity index (χ1) is 9.36. The molecule has 19 heavy (non-hydrogen) atoms. The number of benzene rings is 2. The summed E-state index contributed by atoms with van der Waals surface area (Å²) >= 11 is 0. The second-order valence-corrected chi connectivity index (χ2v) is 4.13. The molecule has 0 saturated heterocycles. The third-order valence-corrected chi connectivity index (χ3v) is 2.69. The average Bonchev–Trinajstić information content (AvgIpc) is 2.45. The Bertz CT molecular complexity index is 562. The highest BCUT2D eigenvalue weighted by molar-refractivity contribution is 5.83. The molecule has 0 atom stereocenters. The van der Waals surface area contributed by atoms with E-state index in [2.05, 4.69) is 22.3 Å². The highest BCUT2D eigenvalue weighted by atomic mass is 16.3. The second kappa shape index (κ2) is 7.11. The van der Waals surface area contributed by atoms with Gasteiger partial charge < -0.3 is 5.11 Å². The van der Waals surface area contributed by atoms with Crippen LogP contribution in [0.5, 0.6) is 5.75 Å². The topological polar surface area (TPSA) is 45.0 Å². The van der Waals surface area contributed by atoms with Gasteiger partial charge in [-0.05, 0) is 30.5 Å². The number of aryl methyl sites for hydroxylation is 1. The molecular formula is C16H16N2O. The van der Waals surface area contributed by atoms with E-state index >= 15 is 0 Å².